The summed E-state index contributed by atoms with van der Waals surface area (Å²) in [5, 5.41) is 18.2. The molecule has 0 unspecified atom stereocenters. The van der Waals surface area contributed by atoms with Gasteiger partial charge in [0.05, 0.1) is 18.8 Å². The highest BCUT2D eigenvalue weighted by Gasteiger charge is 2.27. The number of hydrogen-bond donors (Lipinski definition) is 3. The van der Waals surface area contributed by atoms with Gasteiger partial charge in [0, 0.05) is 13.1 Å². The van der Waals surface area contributed by atoms with E-state index < -0.39 is 25.0 Å². The number of ether oxygens (including phenoxy) is 2. The topological polar surface area (TPSA) is 83.1 Å². The zero-order valence-electron chi connectivity index (χ0n) is 23.9. The first kappa shape index (κ1) is 31.1. The number of rotatable bonds is 16. The average molecular weight is 561 g/mol. The van der Waals surface area contributed by atoms with E-state index in [0.717, 1.165) is 28.0 Å². The fourth-order valence-electron chi connectivity index (χ4n) is 4.70. The number of hydrazine groups is 1. The fourth-order valence-corrected chi connectivity index (χ4v) is 4.70. The molecule has 2 atom stereocenters. The van der Waals surface area contributed by atoms with Gasteiger partial charge in [-0.05, 0) is 47.6 Å². The van der Waals surface area contributed by atoms with E-state index >= 15 is 0 Å². The molecule has 0 bridgehead atoms. The Morgan fingerprint density at radius 1 is 0.810 bits per heavy atom. The number of nitrogens with one attached hydrogen (secondary N) is 2. The van der Waals surface area contributed by atoms with E-state index in [1.165, 1.54) is 0 Å². The summed E-state index contributed by atoms with van der Waals surface area (Å²) < 4.78 is 12.4. The van der Waals surface area contributed by atoms with Crippen molar-refractivity contribution >= 4 is 20.7 Å². The molecule has 9 heteroatoms. The number of hydrogen-bond acceptors (Lipinski definition) is 6. The van der Waals surface area contributed by atoms with Crippen molar-refractivity contribution < 1.29 is 19.3 Å². The third-order valence-electron chi connectivity index (χ3n) is 6.70. The molecule has 0 aliphatic carbocycles. The number of carbonyl (C=O) groups is 1. The summed E-state index contributed by atoms with van der Waals surface area (Å²) in [5.74, 6) is 0.153. The number of carbonyl (C=O) groups excluding carboxylic acids is 1. The predicted octanol–water partition coefficient (Wildman–Crippen LogP) is 4.76. The van der Waals surface area contributed by atoms with Crippen LogP contribution in [0.3, 0.4) is 0 Å². The molecule has 3 N–H and O–H groups in total. The summed E-state index contributed by atoms with van der Waals surface area (Å²) in [6.45, 7) is 3.35. The van der Waals surface area contributed by atoms with Crippen molar-refractivity contribution in [3.8, 4) is 5.75 Å². The Labute approximate surface area is 250 Å². The predicted molar refractivity (Wildman–Crippen MR) is 168 cm³/mol. The molecule has 0 spiro atoms. The summed E-state index contributed by atoms with van der Waals surface area (Å²) in [7, 11) is 4.82. The van der Waals surface area contributed by atoms with E-state index in [9.17, 15) is 9.82 Å². The first-order valence-corrected chi connectivity index (χ1v) is 14.1. The van der Waals surface area contributed by atoms with Gasteiger partial charge in [-0.25, -0.2) is 5.01 Å². The summed E-state index contributed by atoms with van der Waals surface area (Å²) in [4.78, 5) is 12.1. The minimum atomic E-state index is -0.801. The van der Waals surface area contributed by atoms with E-state index in [1.807, 2.05) is 120 Å². The van der Waals surface area contributed by atoms with Crippen LogP contribution < -0.4 is 15.4 Å². The monoisotopic (exact) mass is 561 g/mol. The molecule has 0 aliphatic heterocycles. The van der Waals surface area contributed by atoms with Crippen molar-refractivity contribution in [2.24, 2.45) is 0 Å². The van der Waals surface area contributed by atoms with Gasteiger partial charge in [-0.1, -0.05) is 103 Å². The molecular formula is C33H37B2N3O4. The van der Waals surface area contributed by atoms with E-state index in [4.69, 9.17) is 17.3 Å². The first-order chi connectivity index (χ1) is 20.4. The summed E-state index contributed by atoms with van der Waals surface area (Å²) in [5.41, 5.74) is 4.18. The Balaban J connectivity index is 1.49. The van der Waals surface area contributed by atoms with Crippen LogP contribution in [0.15, 0.2) is 115 Å². The molecule has 0 fully saturated rings. The Bertz CT molecular complexity index is 1330. The lowest BCUT2D eigenvalue weighted by molar-refractivity contribution is -0.0126. The van der Waals surface area contributed by atoms with Gasteiger partial charge in [0.25, 0.3) is 0 Å². The van der Waals surface area contributed by atoms with Gasteiger partial charge in [-0.3, -0.25) is 10.1 Å². The second-order valence-electron chi connectivity index (χ2n) is 10.2. The molecule has 0 saturated heterocycles. The molecule has 1 amide bonds. The third kappa shape index (κ3) is 10.8. The molecule has 2 radical (unpaired) electrons. The van der Waals surface area contributed by atoms with Crippen LogP contribution >= 0.6 is 0 Å². The number of benzene rings is 4. The number of amides is 1. The number of nitrogens with zero attached hydrogens (tertiary/aromatic N) is 1. The molecule has 7 nitrogen and oxygen atoms in total. The van der Waals surface area contributed by atoms with Gasteiger partial charge in [0.15, 0.2) is 5.81 Å². The maximum absolute atomic E-state index is 12.1. The third-order valence-corrected chi connectivity index (χ3v) is 6.70. The Morgan fingerprint density at radius 2 is 1.36 bits per heavy atom. The van der Waals surface area contributed by atoms with Gasteiger partial charge in [-0.15, -0.1) is 0 Å². The Kier molecular flexibility index (Phi) is 12.2. The second kappa shape index (κ2) is 16.5. The standard InChI is InChI=1S/C33H37B2N3O4/c1-35(40)37-38(22-27-17-19-30(20-18-27)41-24-28-13-7-3-8-14-28)23-32(42-25-29-15-9-4-10-16-29)31(36-33(34)39)21-26-11-5-2-6-12-26/h2-20,31-32,37,40H,21-25H2,1H3,(H,36,39)/t31-,32-/m1/s1. The first-order valence-electron chi connectivity index (χ1n) is 14.1. The highest BCUT2D eigenvalue weighted by Crippen LogP contribution is 2.18. The van der Waals surface area contributed by atoms with Crippen molar-refractivity contribution in [2.75, 3.05) is 6.54 Å². The van der Waals surface area contributed by atoms with Crippen molar-refractivity contribution in [3.63, 3.8) is 0 Å². The highest BCUT2D eigenvalue weighted by atomic mass is 16.5. The molecule has 4 aromatic rings. The van der Waals surface area contributed by atoms with Crippen LogP contribution in [0.1, 0.15) is 22.3 Å². The minimum absolute atomic E-state index is 0.354. The van der Waals surface area contributed by atoms with Gasteiger partial charge in [0.1, 0.15) is 12.4 Å². The smallest absolute Gasteiger partial charge is 0.388 e. The molecule has 0 aromatic heterocycles. The van der Waals surface area contributed by atoms with Gasteiger partial charge in [0.2, 0.25) is 7.85 Å². The van der Waals surface area contributed by atoms with Crippen molar-refractivity contribution in [1.29, 1.82) is 0 Å². The van der Waals surface area contributed by atoms with Crippen LogP contribution in [-0.4, -0.2) is 49.4 Å². The largest absolute Gasteiger partial charge is 0.489 e. The van der Waals surface area contributed by atoms with Crippen LogP contribution in [0.5, 0.6) is 5.75 Å². The lowest BCUT2D eigenvalue weighted by Gasteiger charge is -2.34. The minimum Gasteiger partial charge on any atom is -0.489 e. The van der Waals surface area contributed by atoms with Gasteiger partial charge < -0.3 is 19.8 Å². The molecule has 214 valence electrons. The van der Waals surface area contributed by atoms with E-state index in [0.29, 0.717) is 32.7 Å². The van der Waals surface area contributed by atoms with Crippen LogP contribution in [0.2, 0.25) is 6.82 Å². The van der Waals surface area contributed by atoms with Gasteiger partial charge in [-0.2, -0.15) is 0 Å². The van der Waals surface area contributed by atoms with Crippen LogP contribution in [0, 0.1) is 0 Å². The quantitative estimate of drug-likeness (QED) is 0.135. The van der Waals surface area contributed by atoms with E-state index in [1.54, 1.807) is 6.82 Å². The van der Waals surface area contributed by atoms with E-state index in [2.05, 4.69) is 10.7 Å². The zero-order valence-corrected chi connectivity index (χ0v) is 23.9. The normalized spacial score (nSPS) is 12.5. The SMILES string of the molecule is [B]C(=O)N[C@H](Cc1ccccc1)[C@@H](CN(Cc1ccc(OCc2ccccc2)cc1)NB(C)O)OCc1ccccc1. The van der Waals surface area contributed by atoms with E-state index in [-0.39, 0.29) is 0 Å². The van der Waals surface area contributed by atoms with Crippen LogP contribution in [-0.2, 0) is 30.9 Å². The Morgan fingerprint density at radius 3 is 1.90 bits per heavy atom. The van der Waals surface area contributed by atoms with Crippen molar-refractivity contribution in [1.82, 2.24) is 15.7 Å². The van der Waals surface area contributed by atoms with Crippen LogP contribution in [0.4, 0.5) is 4.79 Å². The Hall–Kier alpha value is -3.88. The molecule has 4 rings (SSSR count). The lowest BCUT2D eigenvalue weighted by Crippen LogP contribution is -2.55. The molecule has 0 aliphatic rings. The maximum atomic E-state index is 12.1. The second-order valence-corrected chi connectivity index (χ2v) is 10.2. The summed E-state index contributed by atoms with van der Waals surface area (Å²) in [6, 6.07) is 37.3. The molecular weight excluding hydrogens is 524 g/mol. The van der Waals surface area contributed by atoms with Crippen molar-refractivity contribution in [2.45, 2.75) is 45.1 Å². The maximum Gasteiger partial charge on any atom is 0.388 e. The van der Waals surface area contributed by atoms with Gasteiger partial charge >= 0.3 is 7.05 Å². The lowest BCUT2D eigenvalue weighted by atomic mass is 9.90. The fraction of sp³-hybridized carbons (Fsp3) is 0.242. The molecule has 42 heavy (non-hydrogen) atoms. The summed E-state index contributed by atoms with van der Waals surface area (Å²) in [6.07, 6.45) is 0.0665. The molecule has 4 aromatic carbocycles. The van der Waals surface area contributed by atoms with Crippen molar-refractivity contribution in [3.05, 3.63) is 138 Å². The molecule has 0 saturated carbocycles. The zero-order chi connectivity index (χ0) is 29.6. The summed E-state index contributed by atoms with van der Waals surface area (Å²) >= 11 is 0. The highest BCUT2D eigenvalue weighted by molar-refractivity contribution is 6.57. The molecule has 0 heterocycles. The average Bonchev–Trinajstić information content (AvgIpc) is 2.99. The van der Waals surface area contributed by atoms with Crippen LogP contribution in [0.25, 0.3) is 0 Å².